The first-order valence-corrected chi connectivity index (χ1v) is 8.83. The van der Waals surface area contributed by atoms with E-state index in [-0.39, 0.29) is 5.91 Å². The van der Waals surface area contributed by atoms with Crippen molar-refractivity contribution in [3.8, 4) is 6.07 Å². The SMILES string of the molecule is N#Cc1ccccc1CSCC(=O)N1CCc2ccccc2C1. The third kappa shape index (κ3) is 3.75. The quantitative estimate of drug-likeness (QED) is 0.867. The molecule has 3 rings (SSSR count). The van der Waals surface area contributed by atoms with E-state index in [1.165, 1.54) is 11.1 Å². The summed E-state index contributed by atoms with van der Waals surface area (Å²) in [6.07, 6.45) is 0.934. The molecule has 4 heteroatoms. The van der Waals surface area contributed by atoms with Gasteiger partial charge in [-0.1, -0.05) is 42.5 Å². The van der Waals surface area contributed by atoms with Gasteiger partial charge in [0.2, 0.25) is 5.91 Å². The molecule has 0 aliphatic carbocycles. The summed E-state index contributed by atoms with van der Waals surface area (Å²) in [5.41, 5.74) is 4.30. The molecular weight excluding hydrogens is 304 g/mol. The Hall–Kier alpha value is -2.25. The van der Waals surface area contributed by atoms with Crippen LogP contribution in [0.3, 0.4) is 0 Å². The second-order valence-corrected chi connectivity index (χ2v) is 6.58. The Kier molecular flexibility index (Phi) is 4.99. The van der Waals surface area contributed by atoms with Crippen molar-refractivity contribution in [3.05, 3.63) is 70.8 Å². The van der Waals surface area contributed by atoms with E-state index < -0.39 is 0 Å². The molecule has 0 saturated heterocycles. The van der Waals surface area contributed by atoms with Crippen molar-refractivity contribution in [2.45, 2.75) is 18.7 Å². The molecule has 1 aliphatic heterocycles. The Labute approximate surface area is 140 Å². The molecule has 2 aromatic rings. The lowest BCUT2D eigenvalue weighted by Gasteiger charge is -2.28. The molecule has 0 radical (unpaired) electrons. The molecule has 3 nitrogen and oxygen atoms in total. The Morgan fingerprint density at radius 1 is 1.13 bits per heavy atom. The topological polar surface area (TPSA) is 44.1 Å². The predicted octanol–water partition coefficient (Wildman–Crippen LogP) is 3.38. The lowest BCUT2D eigenvalue weighted by Crippen LogP contribution is -2.37. The number of thioether (sulfide) groups is 1. The molecule has 0 N–H and O–H groups in total. The monoisotopic (exact) mass is 322 g/mol. The lowest BCUT2D eigenvalue weighted by atomic mass is 10.00. The molecule has 0 atom stereocenters. The van der Waals surface area contributed by atoms with E-state index in [1.807, 2.05) is 35.2 Å². The number of nitriles is 1. The normalized spacial score (nSPS) is 13.3. The largest absolute Gasteiger partial charge is 0.337 e. The summed E-state index contributed by atoms with van der Waals surface area (Å²) in [6, 6.07) is 18.1. The fourth-order valence-electron chi connectivity index (χ4n) is 2.80. The Morgan fingerprint density at radius 3 is 2.70 bits per heavy atom. The third-order valence-electron chi connectivity index (χ3n) is 4.10. The van der Waals surface area contributed by atoms with Gasteiger partial charge < -0.3 is 4.90 Å². The zero-order valence-corrected chi connectivity index (χ0v) is 13.7. The van der Waals surface area contributed by atoms with Crippen LogP contribution in [0.25, 0.3) is 0 Å². The second-order valence-electron chi connectivity index (χ2n) is 5.60. The number of benzene rings is 2. The van der Waals surface area contributed by atoms with Crippen LogP contribution in [0.4, 0.5) is 0 Å². The van der Waals surface area contributed by atoms with Gasteiger partial charge >= 0.3 is 0 Å². The van der Waals surface area contributed by atoms with E-state index in [2.05, 4.69) is 24.3 Å². The van der Waals surface area contributed by atoms with Crippen LogP contribution in [0, 0.1) is 11.3 Å². The average molecular weight is 322 g/mol. The van der Waals surface area contributed by atoms with Crippen LogP contribution in [0.2, 0.25) is 0 Å². The van der Waals surface area contributed by atoms with Crippen molar-refractivity contribution in [2.75, 3.05) is 12.3 Å². The van der Waals surface area contributed by atoms with Crippen LogP contribution in [-0.4, -0.2) is 23.1 Å². The summed E-state index contributed by atoms with van der Waals surface area (Å²) in [4.78, 5) is 14.3. The minimum absolute atomic E-state index is 0.180. The minimum atomic E-state index is 0.180. The second kappa shape index (κ2) is 7.34. The molecular formula is C19H18N2OS. The van der Waals surface area contributed by atoms with Gasteiger partial charge in [-0.05, 0) is 29.2 Å². The number of carbonyl (C=O) groups is 1. The molecule has 0 saturated carbocycles. The van der Waals surface area contributed by atoms with E-state index in [4.69, 9.17) is 5.26 Å². The lowest BCUT2D eigenvalue weighted by molar-refractivity contribution is -0.129. The maximum atomic E-state index is 12.4. The third-order valence-corrected chi connectivity index (χ3v) is 5.07. The first kappa shape index (κ1) is 15.6. The fraction of sp³-hybridized carbons (Fsp3) is 0.263. The molecule has 0 spiro atoms. The zero-order valence-electron chi connectivity index (χ0n) is 12.9. The average Bonchev–Trinajstić information content (AvgIpc) is 2.61. The summed E-state index contributed by atoms with van der Waals surface area (Å²) in [5, 5.41) is 9.09. The van der Waals surface area contributed by atoms with Crippen LogP contribution < -0.4 is 0 Å². The van der Waals surface area contributed by atoms with Gasteiger partial charge in [-0.25, -0.2) is 0 Å². The molecule has 1 heterocycles. The van der Waals surface area contributed by atoms with Gasteiger partial charge in [-0.3, -0.25) is 4.79 Å². The molecule has 23 heavy (non-hydrogen) atoms. The van der Waals surface area contributed by atoms with Crippen LogP contribution in [0.15, 0.2) is 48.5 Å². The number of hydrogen-bond donors (Lipinski definition) is 0. The highest BCUT2D eigenvalue weighted by molar-refractivity contribution is 7.99. The van der Waals surface area contributed by atoms with Crippen molar-refractivity contribution in [2.24, 2.45) is 0 Å². The molecule has 0 aromatic heterocycles. The highest BCUT2D eigenvalue weighted by Crippen LogP contribution is 2.21. The van der Waals surface area contributed by atoms with Crippen LogP contribution in [0.5, 0.6) is 0 Å². The number of fused-ring (bicyclic) bond motifs is 1. The maximum absolute atomic E-state index is 12.4. The highest BCUT2D eigenvalue weighted by atomic mass is 32.2. The van der Waals surface area contributed by atoms with E-state index in [9.17, 15) is 4.79 Å². The van der Waals surface area contributed by atoms with Gasteiger partial charge in [0.1, 0.15) is 0 Å². The first-order valence-electron chi connectivity index (χ1n) is 7.68. The van der Waals surface area contributed by atoms with Crippen LogP contribution in [0.1, 0.15) is 22.3 Å². The van der Waals surface area contributed by atoms with Gasteiger partial charge in [0, 0.05) is 18.8 Å². The summed E-state index contributed by atoms with van der Waals surface area (Å²) in [6.45, 7) is 1.51. The fourth-order valence-corrected chi connectivity index (χ4v) is 3.73. The molecule has 2 aromatic carbocycles. The van der Waals surface area contributed by atoms with Crippen molar-refractivity contribution >= 4 is 17.7 Å². The molecule has 1 aliphatic rings. The number of nitrogens with zero attached hydrogens (tertiary/aromatic N) is 2. The van der Waals surface area contributed by atoms with Crippen molar-refractivity contribution in [1.29, 1.82) is 5.26 Å². The maximum Gasteiger partial charge on any atom is 0.232 e. The van der Waals surface area contributed by atoms with Gasteiger partial charge in [-0.2, -0.15) is 5.26 Å². The Balaban J connectivity index is 1.54. The van der Waals surface area contributed by atoms with Crippen LogP contribution in [-0.2, 0) is 23.5 Å². The summed E-state index contributed by atoms with van der Waals surface area (Å²) in [5.74, 6) is 1.33. The number of rotatable bonds is 4. The van der Waals surface area contributed by atoms with Crippen molar-refractivity contribution < 1.29 is 4.79 Å². The Bertz CT molecular complexity index is 751. The standard InChI is InChI=1S/C19H18N2OS/c20-11-16-6-2-4-8-18(16)13-23-14-19(22)21-10-9-15-5-1-3-7-17(15)12-21/h1-8H,9-10,12-14H2. The van der Waals surface area contributed by atoms with E-state index >= 15 is 0 Å². The smallest absolute Gasteiger partial charge is 0.232 e. The molecule has 0 unspecified atom stereocenters. The number of amides is 1. The number of hydrogen-bond acceptors (Lipinski definition) is 3. The van der Waals surface area contributed by atoms with Crippen molar-refractivity contribution in [3.63, 3.8) is 0 Å². The van der Waals surface area contributed by atoms with Crippen molar-refractivity contribution in [1.82, 2.24) is 4.90 Å². The van der Waals surface area contributed by atoms with E-state index in [0.29, 0.717) is 23.6 Å². The zero-order chi connectivity index (χ0) is 16.1. The Morgan fingerprint density at radius 2 is 1.87 bits per heavy atom. The number of carbonyl (C=O) groups excluding carboxylic acids is 1. The van der Waals surface area contributed by atoms with Gasteiger partial charge in [0.05, 0.1) is 17.4 Å². The van der Waals surface area contributed by atoms with E-state index in [1.54, 1.807) is 11.8 Å². The molecule has 0 fully saturated rings. The van der Waals surface area contributed by atoms with Gasteiger partial charge in [0.15, 0.2) is 0 Å². The van der Waals surface area contributed by atoms with Gasteiger partial charge in [-0.15, -0.1) is 11.8 Å². The van der Waals surface area contributed by atoms with Gasteiger partial charge in [0.25, 0.3) is 0 Å². The molecule has 116 valence electrons. The summed E-state index contributed by atoms with van der Waals surface area (Å²) < 4.78 is 0. The summed E-state index contributed by atoms with van der Waals surface area (Å²) in [7, 11) is 0. The summed E-state index contributed by atoms with van der Waals surface area (Å²) >= 11 is 1.58. The molecule has 1 amide bonds. The molecule has 0 bridgehead atoms. The predicted molar refractivity (Wildman–Crippen MR) is 92.9 cm³/mol. The van der Waals surface area contributed by atoms with Crippen LogP contribution >= 0.6 is 11.8 Å². The highest BCUT2D eigenvalue weighted by Gasteiger charge is 2.20. The van der Waals surface area contributed by atoms with E-state index in [0.717, 1.165) is 18.5 Å². The first-order chi connectivity index (χ1) is 11.3. The minimum Gasteiger partial charge on any atom is -0.337 e.